The largest absolute Gasteiger partial charge is 0.299 e. The molecule has 0 bridgehead atoms. The molecule has 0 aliphatic heterocycles. The summed E-state index contributed by atoms with van der Waals surface area (Å²) in [5.41, 5.74) is 0.759. The highest BCUT2D eigenvalue weighted by atomic mass is 16.1. The zero-order valence-corrected chi connectivity index (χ0v) is 18.0. The van der Waals surface area contributed by atoms with E-state index < -0.39 is 0 Å². The van der Waals surface area contributed by atoms with Crippen molar-refractivity contribution in [1.29, 1.82) is 0 Å². The lowest BCUT2D eigenvalue weighted by molar-refractivity contribution is -0.124. The number of Topliss-reactive ketones (excluding diaryl/α,β-unsaturated/α-hetero) is 2. The van der Waals surface area contributed by atoms with Gasteiger partial charge in [0.1, 0.15) is 11.6 Å². The van der Waals surface area contributed by atoms with Crippen molar-refractivity contribution in [3.63, 3.8) is 0 Å². The Morgan fingerprint density at radius 1 is 0.700 bits per heavy atom. The van der Waals surface area contributed by atoms with E-state index in [9.17, 15) is 9.59 Å². The Balaban J connectivity index is 1.17. The summed E-state index contributed by atoms with van der Waals surface area (Å²) in [5, 5.41) is 0. The maximum absolute atomic E-state index is 13.5. The van der Waals surface area contributed by atoms with Crippen LogP contribution in [0.3, 0.4) is 0 Å². The van der Waals surface area contributed by atoms with Crippen LogP contribution in [0.1, 0.15) is 64.2 Å². The van der Waals surface area contributed by atoms with E-state index in [1.54, 1.807) is 0 Å². The zero-order valence-electron chi connectivity index (χ0n) is 18.0. The van der Waals surface area contributed by atoms with Crippen LogP contribution in [0.2, 0.25) is 0 Å². The summed E-state index contributed by atoms with van der Waals surface area (Å²) in [5.74, 6) is 6.66. The van der Waals surface area contributed by atoms with Crippen molar-refractivity contribution in [3.05, 3.63) is 24.3 Å². The second-order valence-corrected chi connectivity index (χ2v) is 12.7. The van der Waals surface area contributed by atoms with E-state index in [-0.39, 0.29) is 11.8 Å². The molecule has 2 spiro atoms. The molecule has 0 heterocycles. The van der Waals surface area contributed by atoms with Crippen molar-refractivity contribution in [3.8, 4) is 0 Å². The van der Waals surface area contributed by atoms with Crippen LogP contribution in [-0.4, -0.2) is 11.6 Å². The highest BCUT2D eigenvalue weighted by molar-refractivity contribution is 5.89. The Kier molecular flexibility index (Phi) is 3.13. The Morgan fingerprint density at radius 2 is 1.37 bits per heavy atom. The van der Waals surface area contributed by atoms with Crippen LogP contribution in [0, 0.1) is 70.0 Å². The maximum atomic E-state index is 13.5. The first-order valence-corrected chi connectivity index (χ1v) is 13.0. The summed E-state index contributed by atoms with van der Waals surface area (Å²) >= 11 is 0. The van der Waals surface area contributed by atoms with E-state index in [4.69, 9.17) is 0 Å². The van der Waals surface area contributed by atoms with Crippen molar-refractivity contribution in [2.24, 2.45) is 70.0 Å². The third kappa shape index (κ3) is 1.76. The number of hydrogen-bond donors (Lipinski definition) is 0. The Labute approximate surface area is 179 Å². The summed E-state index contributed by atoms with van der Waals surface area (Å²) < 4.78 is 0. The minimum absolute atomic E-state index is 0.213. The number of hydrogen-bond acceptors (Lipinski definition) is 2. The normalized spacial score (nSPS) is 61.5. The minimum atomic E-state index is 0.213. The maximum Gasteiger partial charge on any atom is 0.136 e. The molecule has 0 amide bonds. The van der Waals surface area contributed by atoms with Crippen LogP contribution >= 0.6 is 0 Å². The molecule has 8 aliphatic rings. The second kappa shape index (κ2) is 5.41. The standard InChI is InChI=1S/C28H34O2/c29-22-11-15-13-27-9-1-3-16(27)5-7-20(27)24(15)26(22)18-12-23(30)25-19(18)14-28-10-2-4-17(28)6-8-21(25)28/h1-2,9-10,15-21,24-26H,3-8,11-14H2. The predicted octanol–water partition coefficient (Wildman–Crippen LogP) is 5.38. The van der Waals surface area contributed by atoms with Gasteiger partial charge in [-0.25, -0.2) is 0 Å². The molecule has 0 aromatic heterocycles. The van der Waals surface area contributed by atoms with Crippen molar-refractivity contribution in [2.45, 2.75) is 64.2 Å². The molecule has 0 aromatic carbocycles. The van der Waals surface area contributed by atoms with Gasteiger partial charge < -0.3 is 0 Å². The summed E-state index contributed by atoms with van der Waals surface area (Å²) in [4.78, 5) is 26.9. The van der Waals surface area contributed by atoms with Gasteiger partial charge in [-0.2, -0.15) is 0 Å². The fourth-order valence-electron chi connectivity index (χ4n) is 11.8. The minimum Gasteiger partial charge on any atom is -0.299 e. The Bertz CT molecular complexity index is 914. The molecule has 2 nitrogen and oxygen atoms in total. The summed E-state index contributed by atoms with van der Waals surface area (Å²) in [6.07, 6.45) is 21.9. The van der Waals surface area contributed by atoms with Crippen molar-refractivity contribution in [2.75, 3.05) is 0 Å². The molecule has 2 heteroatoms. The summed E-state index contributed by atoms with van der Waals surface area (Å²) in [7, 11) is 0. The lowest BCUT2D eigenvalue weighted by atomic mass is 9.67. The molecule has 12 atom stereocenters. The number of rotatable bonds is 1. The molecule has 0 saturated heterocycles. The molecular formula is C28H34O2. The lowest BCUT2D eigenvalue weighted by Gasteiger charge is -2.36. The molecule has 30 heavy (non-hydrogen) atoms. The molecule has 12 unspecified atom stereocenters. The number of fused-ring (bicyclic) bond motifs is 4. The molecule has 0 N–H and O–H groups in total. The first-order valence-electron chi connectivity index (χ1n) is 13.0. The molecule has 8 rings (SSSR count). The van der Waals surface area contributed by atoms with Gasteiger partial charge in [-0.05, 0) is 110 Å². The van der Waals surface area contributed by atoms with Gasteiger partial charge in [0, 0.05) is 24.7 Å². The van der Waals surface area contributed by atoms with E-state index in [2.05, 4.69) is 24.3 Å². The average molecular weight is 403 g/mol. The topological polar surface area (TPSA) is 34.1 Å². The molecule has 6 fully saturated rings. The average Bonchev–Trinajstić information content (AvgIpc) is 3.49. The van der Waals surface area contributed by atoms with Crippen LogP contribution < -0.4 is 0 Å². The molecule has 8 aliphatic carbocycles. The zero-order chi connectivity index (χ0) is 19.8. The van der Waals surface area contributed by atoms with Gasteiger partial charge in [-0.3, -0.25) is 9.59 Å². The molecular weight excluding hydrogens is 368 g/mol. The molecule has 0 aromatic rings. The van der Waals surface area contributed by atoms with Crippen LogP contribution in [0.15, 0.2) is 24.3 Å². The Morgan fingerprint density at radius 3 is 2.13 bits per heavy atom. The second-order valence-electron chi connectivity index (χ2n) is 12.7. The number of allylic oxidation sites excluding steroid dienone is 4. The lowest BCUT2D eigenvalue weighted by Crippen LogP contribution is -2.34. The van der Waals surface area contributed by atoms with Crippen molar-refractivity contribution < 1.29 is 9.59 Å². The van der Waals surface area contributed by atoms with Gasteiger partial charge in [-0.15, -0.1) is 0 Å². The van der Waals surface area contributed by atoms with Crippen LogP contribution in [0.4, 0.5) is 0 Å². The fourth-order valence-corrected chi connectivity index (χ4v) is 11.8. The Hall–Kier alpha value is -1.18. The van der Waals surface area contributed by atoms with Gasteiger partial charge in [0.05, 0.1) is 0 Å². The quantitative estimate of drug-likeness (QED) is 0.552. The first-order chi connectivity index (χ1) is 14.6. The van der Waals surface area contributed by atoms with Gasteiger partial charge in [-0.1, -0.05) is 24.3 Å². The number of ketones is 2. The van der Waals surface area contributed by atoms with E-state index in [0.29, 0.717) is 52.0 Å². The molecule has 6 saturated carbocycles. The SMILES string of the molecule is O=C1CC2CC34C=CCC3CCC4C2C1C1CC(=O)C2C1CC13C=CCC1CCC23. The van der Waals surface area contributed by atoms with E-state index in [0.717, 1.165) is 30.6 Å². The van der Waals surface area contributed by atoms with Crippen molar-refractivity contribution in [1.82, 2.24) is 0 Å². The van der Waals surface area contributed by atoms with E-state index in [1.165, 1.54) is 51.4 Å². The van der Waals surface area contributed by atoms with Crippen LogP contribution in [0.5, 0.6) is 0 Å². The molecule has 0 radical (unpaired) electrons. The third-order valence-electron chi connectivity index (χ3n) is 12.4. The summed E-state index contributed by atoms with van der Waals surface area (Å²) in [6, 6.07) is 0. The first kappa shape index (κ1) is 17.4. The fraction of sp³-hybridized carbons (Fsp3) is 0.786. The predicted molar refractivity (Wildman–Crippen MR) is 114 cm³/mol. The van der Waals surface area contributed by atoms with Gasteiger partial charge >= 0.3 is 0 Å². The number of carbonyl (C=O) groups is 2. The monoisotopic (exact) mass is 402 g/mol. The highest BCUT2D eigenvalue weighted by Gasteiger charge is 2.70. The van der Waals surface area contributed by atoms with Crippen molar-refractivity contribution >= 4 is 11.6 Å². The van der Waals surface area contributed by atoms with E-state index >= 15 is 0 Å². The van der Waals surface area contributed by atoms with Crippen LogP contribution in [-0.2, 0) is 9.59 Å². The summed E-state index contributed by atoms with van der Waals surface area (Å²) in [6.45, 7) is 0. The smallest absolute Gasteiger partial charge is 0.136 e. The highest BCUT2D eigenvalue weighted by Crippen LogP contribution is 2.73. The third-order valence-corrected chi connectivity index (χ3v) is 12.4. The van der Waals surface area contributed by atoms with Gasteiger partial charge in [0.25, 0.3) is 0 Å². The van der Waals surface area contributed by atoms with Crippen LogP contribution in [0.25, 0.3) is 0 Å². The molecule has 158 valence electrons. The van der Waals surface area contributed by atoms with Gasteiger partial charge in [0.2, 0.25) is 0 Å². The van der Waals surface area contributed by atoms with E-state index in [1.807, 2.05) is 0 Å². The van der Waals surface area contributed by atoms with Gasteiger partial charge in [0.15, 0.2) is 0 Å². The number of carbonyl (C=O) groups excluding carboxylic acids is 2.